The number of halogens is 2. The van der Waals surface area contributed by atoms with E-state index in [1.807, 2.05) is 65.3 Å². The van der Waals surface area contributed by atoms with Crippen LogP contribution in [0.3, 0.4) is 0 Å². The predicted octanol–water partition coefficient (Wildman–Crippen LogP) is 5.01. The summed E-state index contributed by atoms with van der Waals surface area (Å²) in [4.78, 5) is 33.3. The molecule has 2 fully saturated rings. The van der Waals surface area contributed by atoms with Gasteiger partial charge in [-0.1, -0.05) is 54.1 Å². The molecular formula is C34H38ClFN4O3. The second-order valence-corrected chi connectivity index (χ2v) is 11.8. The summed E-state index contributed by atoms with van der Waals surface area (Å²) in [6.45, 7) is 9.11. The van der Waals surface area contributed by atoms with Crippen LogP contribution in [0.2, 0.25) is 5.02 Å². The molecule has 2 heterocycles. The van der Waals surface area contributed by atoms with E-state index in [4.69, 9.17) is 16.3 Å². The summed E-state index contributed by atoms with van der Waals surface area (Å²) in [6, 6.07) is 21.7. The fourth-order valence-corrected chi connectivity index (χ4v) is 6.02. The van der Waals surface area contributed by atoms with Gasteiger partial charge in [-0.2, -0.15) is 0 Å². The molecule has 3 aromatic rings. The molecular weight excluding hydrogens is 567 g/mol. The number of ether oxygens (including phenoxy) is 1. The van der Waals surface area contributed by atoms with E-state index in [-0.39, 0.29) is 23.8 Å². The van der Waals surface area contributed by atoms with Gasteiger partial charge in [0.15, 0.2) is 0 Å². The molecule has 43 heavy (non-hydrogen) atoms. The molecule has 5 rings (SSSR count). The monoisotopic (exact) mass is 604 g/mol. The zero-order chi connectivity index (χ0) is 30.3. The van der Waals surface area contributed by atoms with Crippen molar-refractivity contribution in [2.45, 2.75) is 45.4 Å². The van der Waals surface area contributed by atoms with Crippen molar-refractivity contribution >= 4 is 23.4 Å². The zero-order valence-electron chi connectivity index (χ0n) is 24.7. The van der Waals surface area contributed by atoms with Crippen LogP contribution >= 0.6 is 11.6 Å². The van der Waals surface area contributed by atoms with E-state index in [9.17, 15) is 14.0 Å². The number of nitrogens with zero attached hydrogens (tertiary/aromatic N) is 4. The minimum Gasteiger partial charge on any atom is -0.478 e. The minimum atomic E-state index is -0.281. The van der Waals surface area contributed by atoms with E-state index in [0.29, 0.717) is 56.6 Å². The van der Waals surface area contributed by atoms with Gasteiger partial charge in [0.05, 0.1) is 12.5 Å². The number of piperazine rings is 2. The van der Waals surface area contributed by atoms with E-state index in [1.54, 1.807) is 12.1 Å². The maximum absolute atomic E-state index is 13.4. The highest BCUT2D eigenvalue weighted by Crippen LogP contribution is 2.28. The predicted molar refractivity (Wildman–Crippen MR) is 166 cm³/mol. The number of benzene rings is 3. The van der Waals surface area contributed by atoms with Gasteiger partial charge in [0.1, 0.15) is 29.9 Å². The molecule has 0 aliphatic carbocycles. The van der Waals surface area contributed by atoms with Gasteiger partial charge in [-0.25, -0.2) is 9.18 Å². The van der Waals surface area contributed by atoms with Crippen LogP contribution in [0.4, 0.5) is 4.39 Å². The average Bonchev–Trinajstić information content (AvgIpc) is 3.01. The molecule has 0 radical (unpaired) electrons. The SMILES string of the molecule is C[C@@H]1CN(COc2ccc(Cl)cc2CN2CCN(C(=O)Cc3ccccc3)CC2)[C@@H](C)C(=C=O)N1Cc1ccc(F)cc1. The van der Waals surface area contributed by atoms with Gasteiger partial charge in [-0.05, 0) is 55.3 Å². The highest BCUT2D eigenvalue weighted by molar-refractivity contribution is 6.30. The molecule has 1 amide bonds. The Kier molecular flexibility index (Phi) is 10.2. The molecule has 3 aromatic carbocycles. The van der Waals surface area contributed by atoms with Crippen LogP contribution in [0, 0.1) is 5.82 Å². The van der Waals surface area contributed by atoms with Gasteiger partial charge in [0.25, 0.3) is 0 Å². The average molecular weight is 605 g/mol. The van der Waals surface area contributed by atoms with Crippen molar-refractivity contribution in [3.8, 4) is 5.75 Å². The van der Waals surface area contributed by atoms with Gasteiger partial charge < -0.3 is 14.5 Å². The van der Waals surface area contributed by atoms with Gasteiger partial charge in [-0.3, -0.25) is 14.6 Å². The quantitative estimate of drug-likeness (QED) is 0.320. The summed E-state index contributed by atoms with van der Waals surface area (Å²) in [5.41, 5.74) is 3.51. The van der Waals surface area contributed by atoms with Crippen molar-refractivity contribution in [3.63, 3.8) is 0 Å². The van der Waals surface area contributed by atoms with E-state index in [1.165, 1.54) is 12.1 Å². The molecule has 0 spiro atoms. The molecule has 226 valence electrons. The van der Waals surface area contributed by atoms with E-state index in [2.05, 4.69) is 22.7 Å². The normalized spacial score (nSPS) is 19.8. The smallest absolute Gasteiger partial charge is 0.227 e. The lowest BCUT2D eigenvalue weighted by Crippen LogP contribution is -2.55. The molecule has 7 nitrogen and oxygen atoms in total. The molecule has 9 heteroatoms. The van der Waals surface area contributed by atoms with Crippen molar-refractivity contribution in [3.05, 3.63) is 106 Å². The second kappa shape index (κ2) is 14.2. The Morgan fingerprint density at radius 3 is 2.37 bits per heavy atom. The van der Waals surface area contributed by atoms with E-state index in [0.717, 1.165) is 35.5 Å². The Labute approximate surface area is 258 Å². The first kappa shape index (κ1) is 30.8. The van der Waals surface area contributed by atoms with Crippen LogP contribution < -0.4 is 4.74 Å². The Bertz CT molecular complexity index is 1440. The second-order valence-electron chi connectivity index (χ2n) is 11.4. The van der Waals surface area contributed by atoms with Crippen molar-refractivity contribution in [1.82, 2.24) is 19.6 Å². The van der Waals surface area contributed by atoms with Crippen molar-refractivity contribution in [1.29, 1.82) is 0 Å². The third kappa shape index (κ3) is 7.84. The molecule has 2 atom stereocenters. The Balaban J connectivity index is 1.17. The van der Waals surface area contributed by atoms with Crippen LogP contribution in [0.5, 0.6) is 5.75 Å². The molecule has 0 unspecified atom stereocenters. The molecule has 2 aliphatic rings. The first-order valence-electron chi connectivity index (χ1n) is 14.8. The number of carbonyl (C=O) groups is 1. The summed E-state index contributed by atoms with van der Waals surface area (Å²) in [6.07, 6.45) is 0.422. The summed E-state index contributed by atoms with van der Waals surface area (Å²) < 4.78 is 19.7. The van der Waals surface area contributed by atoms with Crippen LogP contribution in [0.25, 0.3) is 0 Å². The Morgan fingerprint density at radius 1 is 0.953 bits per heavy atom. The lowest BCUT2D eigenvalue weighted by Gasteiger charge is -2.45. The van der Waals surface area contributed by atoms with E-state index >= 15 is 0 Å². The number of hydrogen-bond donors (Lipinski definition) is 0. The van der Waals surface area contributed by atoms with Gasteiger partial charge in [0, 0.05) is 62.4 Å². The third-order valence-corrected chi connectivity index (χ3v) is 8.62. The topological polar surface area (TPSA) is 56.3 Å². The summed E-state index contributed by atoms with van der Waals surface area (Å²) in [5, 5.41) is 0.640. The van der Waals surface area contributed by atoms with Crippen LogP contribution in [0.15, 0.2) is 78.5 Å². The molecule has 2 aliphatic heterocycles. The Hall–Kier alpha value is -3.68. The number of carbonyl (C=O) groups excluding carboxylic acids is 2. The minimum absolute atomic E-state index is 0.0342. The number of hydrogen-bond acceptors (Lipinski definition) is 6. The van der Waals surface area contributed by atoms with E-state index < -0.39 is 0 Å². The van der Waals surface area contributed by atoms with Crippen LogP contribution in [-0.4, -0.2) is 83.0 Å². The lowest BCUT2D eigenvalue weighted by molar-refractivity contribution is -0.132. The highest BCUT2D eigenvalue weighted by atomic mass is 35.5. The zero-order valence-corrected chi connectivity index (χ0v) is 25.5. The van der Waals surface area contributed by atoms with Crippen LogP contribution in [-0.2, 0) is 29.1 Å². The van der Waals surface area contributed by atoms with Crippen molar-refractivity contribution in [2.75, 3.05) is 39.5 Å². The van der Waals surface area contributed by atoms with Gasteiger partial charge in [-0.15, -0.1) is 0 Å². The Morgan fingerprint density at radius 2 is 1.67 bits per heavy atom. The summed E-state index contributed by atoms with van der Waals surface area (Å²) in [5.74, 6) is 2.78. The maximum Gasteiger partial charge on any atom is 0.227 e. The standard InChI is InChI=1S/C34H38ClFN4O3/c1-25-20-39(26(2)32(23-41)40(25)21-28-8-11-31(36)12-9-28)24-43-33-13-10-30(35)19-29(33)22-37-14-16-38(17-15-37)34(42)18-27-6-4-3-5-7-27/h3-13,19,25-26H,14-18,20-22,24H2,1-2H3/t25-,26+/m1/s1. The first-order chi connectivity index (χ1) is 20.8. The third-order valence-electron chi connectivity index (χ3n) is 8.38. The summed E-state index contributed by atoms with van der Waals surface area (Å²) >= 11 is 6.39. The maximum atomic E-state index is 13.4. The van der Waals surface area contributed by atoms with Crippen LogP contribution in [0.1, 0.15) is 30.5 Å². The molecule has 0 aromatic heterocycles. The molecule has 2 saturated heterocycles. The number of rotatable bonds is 9. The molecule has 0 bridgehead atoms. The fraction of sp³-hybridized carbons (Fsp3) is 0.382. The molecule has 0 N–H and O–H groups in total. The lowest BCUT2D eigenvalue weighted by atomic mass is 10.0. The van der Waals surface area contributed by atoms with Crippen molar-refractivity contribution < 1.29 is 18.7 Å². The van der Waals surface area contributed by atoms with Gasteiger partial charge >= 0.3 is 0 Å². The van der Waals surface area contributed by atoms with Crippen molar-refractivity contribution in [2.24, 2.45) is 0 Å². The fourth-order valence-electron chi connectivity index (χ4n) is 5.83. The van der Waals surface area contributed by atoms with Gasteiger partial charge in [0.2, 0.25) is 5.91 Å². The molecule has 0 saturated carbocycles. The highest BCUT2D eigenvalue weighted by Gasteiger charge is 2.34. The summed E-state index contributed by atoms with van der Waals surface area (Å²) in [7, 11) is 0. The largest absolute Gasteiger partial charge is 0.478 e. The number of amides is 1. The first-order valence-corrected chi connectivity index (χ1v) is 15.1.